The fourth-order valence-corrected chi connectivity index (χ4v) is 2.89. The molecule has 7 heteroatoms. The molecule has 2 aromatic heterocycles. The lowest BCUT2D eigenvalue weighted by atomic mass is 10.1. The maximum atomic E-state index is 13.4. The largest absolute Gasteiger partial charge is 0.382 e. The van der Waals surface area contributed by atoms with Crippen molar-refractivity contribution < 1.29 is 14.3 Å². The lowest BCUT2D eigenvalue weighted by Gasteiger charge is -2.22. The van der Waals surface area contributed by atoms with Crippen molar-refractivity contribution in [1.29, 1.82) is 0 Å². The minimum absolute atomic E-state index is 0.255. The highest BCUT2D eigenvalue weighted by Gasteiger charge is 2.24. The Morgan fingerprint density at radius 2 is 1.76 bits per heavy atom. The van der Waals surface area contributed by atoms with Gasteiger partial charge in [-0.1, -0.05) is 0 Å². The van der Waals surface area contributed by atoms with Gasteiger partial charge in [0.2, 0.25) is 0 Å². The lowest BCUT2D eigenvalue weighted by Crippen LogP contribution is -2.40. The number of aromatic nitrogens is 3. The number of hydrogen-bond donors (Lipinski definition) is 2. The third-order valence-electron chi connectivity index (χ3n) is 4.14. The number of benzene rings is 1. The molecule has 2 N–H and O–H groups in total. The fourth-order valence-electron chi connectivity index (χ4n) is 2.89. The van der Waals surface area contributed by atoms with E-state index in [0.29, 0.717) is 28.5 Å². The molecule has 0 saturated carbocycles. The lowest BCUT2D eigenvalue weighted by molar-refractivity contribution is 0.0671. The van der Waals surface area contributed by atoms with Gasteiger partial charge in [-0.05, 0) is 71.0 Å². The minimum Gasteiger partial charge on any atom is -0.382 e. The van der Waals surface area contributed by atoms with Crippen LogP contribution in [0.3, 0.4) is 0 Å². The maximum absolute atomic E-state index is 13.4. The third-order valence-corrected chi connectivity index (χ3v) is 4.14. The highest BCUT2D eigenvalue weighted by atomic mass is 19.1. The molecule has 1 aromatic carbocycles. The average molecular weight is 396 g/mol. The molecule has 0 saturated heterocycles. The number of carbonyl (C=O) groups excluding carboxylic acids is 1. The number of nitrogens with zero attached hydrogens (tertiary/aromatic N) is 3. The Morgan fingerprint density at radius 3 is 2.34 bits per heavy atom. The molecule has 0 atom stereocenters. The molecule has 0 spiro atoms. The van der Waals surface area contributed by atoms with E-state index in [-0.39, 0.29) is 11.7 Å². The van der Waals surface area contributed by atoms with Crippen LogP contribution in [0.1, 0.15) is 50.8 Å². The van der Waals surface area contributed by atoms with Gasteiger partial charge in [0.05, 0.1) is 5.69 Å². The van der Waals surface area contributed by atoms with E-state index in [1.807, 2.05) is 20.8 Å². The molecule has 0 aliphatic rings. The SMILES string of the molecule is CC(C)(C)NC(=O)c1cc(-c2ccc(F)cc2)nc(-n2ccnc2C(C)(C)O)c1. The van der Waals surface area contributed by atoms with E-state index < -0.39 is 11.1 Å². The number of halogens is 1. The smallest absolute Gasteiger partial charge is 0.251 e. The first-order chi connectivity index (χ1) is 13.4. The van der Waals surface area contributed by atoms with E-state index in [1.165, 1.54) is 12.1 Å². The van der Waals surface area contributed by atoms with E-state index in [4.69, 9.17) is 0 Å². The highest BCUT2D eigenvalue weighted by molar-refractivity contribution is 5.96. The van der Waals surface area contributed by atoms with Crippen LogP contribution >= 0.6 is 0 Å². The predicted octanol–water partition coefficient (Wildman–Crippen LogP) is 3.83. The van der Waals surface area contributed by atoms with Gasteiger partial charge in [0.25, 0.3) is 5.91 Å². The van der Waals surface area contributed by atoms with Gasteiger partial charge in [0.15, 0.2) is 0 Å². The van der Waals surface area contributed by atoms with Crippen LogP contribution in [-0.2, 0) is 5.60 Å². The van der Waals surface area contributed by atoms with Crippen LogP contribution in [0.25, 0.3) is 17.1 Å². The first kappa shape index (κ1) is 20.7. The van der Waals surface area contributed by atoms with E-state index in [2.05, 4.69) is 15.3 Å². The summed E-state index contributed by atoms with van der Waals surface area (Å²) in [6, 6.07) is 9.22. The fraction of sp³-hybridized carbons (Fsp3) is 0.318. The average Bonchev–Trinajstić information content (AvgIpc) is 3.11. The summed E-state index contributed by atoms with van der Waals surface area (Å²) in [7, 11) is 0. The Hall–Kier alpha value is -3.06. The van der Waals surface area contributed by atoms with E-state index in [9.17, 15) is 14.3 Å². The van der Waals surface area contributed by atoms with Gasteiger partial charge in [-0.2, -0.15) is 0 Å². The Kier molecular flexibility index (Phi) is 5.28. The molecule has 152 valence electrons. The summed E-state index contributed by atoms with van der Waals surface area (Å²) in [5, 5.41) is 13.4. The van der Waals surface area contributed by atoms with Crippen LogP contribution in [-0.4, -0.2) is 31.1 Å². The number of rotatable bonds is 4. The van der Waals surface area contributed by atoms with Crippen molar-refractivity contribution in [2.24, 2.45) is 0 Å². The van der Waals surface area contributed by atoms with Gasteiger partial charge in [0, 0.05) is 29.1 Å². The number of amides is 1. The number of nitrogens with one attached hydrogen (secondary N) is 1. The van der Waals surface area contributed by atoms with E-state index in [0.717, 1.165) is 0 Å². The van der Waals surface area contributed by atoms with Gasteiger partial charge in [-0.3, -0.25) is 9.36 Å². The summed E-state index contributed by atoms with van der Waals surface area (Å²) >= 11 is 0. The summed E-state index contributed by atoms with van der Waals surface area (Å²) in [4.78, 5) is 21.7. The number of pyridine rings is 1. The molecular formula is C22H25FN4O2. The second kappa shape index (κ2) is 7.40. The first-order valence-electron chi connectivity index (χ1n) is 9.31. The van der Waals surface area contributed by atoms with Crippen molar-refractivity contribution in [2.45, 2.75) is 45.8 Å². The summed E-state index contributed by atoms with van der Waals surface area (Å²) in [6.45, 7) is 8.95. The molecule has 29 heavy (non-hydrogen) atoms. The minimum atomic E-state index is -1.20. The second-order valence-electron chi connectivity index (χ2n) is 8.49. The molecule has 0 aliphatic heterocycles. The zero-order valence-corrected chi connectivity index (χ0v) is 17.2. The Labute approximate surface area is 169 Å². The summed E-state index contributed by atoms with van der Waals surface area (Å²) < 4.78 is 15.0. The topological polar surface area (TPSA) is 80.0 Å². The predicted molar refractivity (Wildman–Crippen MR) is 109 cm³/mol. The molecule has 0 unspecified atom stereocenters. The second-order valence-corrected chi connectivity index (χ2v) is 8.49. The van der Waals surface area contributed by atoms with Crippen LogP contribution in [0.4, 0.5) is 4.39 Å². The van der Waals surface area contributed by atoms with Gasteiger partial charge in [-0.25, -0.2) is 14.4 Å². The van der Waals surface area contributed by atoms with Gasteiger partial charge >= 0.3 is 0 Å². The number of carbonyl (C=O) groups is 1. The molecule has 0 aliphatic carbocycles. The third kappa shape index (κ3) is 4.86. The van der Waals surface area contributed by atoms with E-state index in [1.54, 1.807) is 55.1 Å². The monoisotopic (exact) mass is 396 g/mol. The van der Waals surface area contributed by atoms with Crippen molar-refractivity contribution >= 4 is 5.91 Å². The van der Waals surface area contributed by atoms with Gasteiger partial charge < -0.3 is 10.4 Å². The van der Waals surface area contributed by atoms with Gasteiger partial charge in [-0.15, -0.1) is 0 Å². The molecule has 1 amide bonds. The Bertz CT molecular complexity index is 1030. The standard InChI is InChI=1S/C22H25FN4O2/c1-21(2,3)26-19(28)15-12-17(14-6-8-16(23)9-7-14)25-18(13-15)27-11-10-24-20(27)22(4,5)29/h6-13,29H,1-5H3,(H,26,28). The molecule has 0 fully saturated rings. The van der Waals surface area contributed by atoms with Crippen LogP contribution in [0.5, 0.6) is 0 Å². The van der Waals surface area contributed by atoms with Crippen molar-refractivity contribution in [3.8, 4) is 17.1 Å². The maximum Gasteiger partial charge on any atom is 0.251 e. The molecule has 6 nitrogen and oxygen atoms in total. The molecule has 3 rings (SSSR count). The molecular weight excluding hydrogens is 371 g/mol. The summed E-state index contributed by atoms with van der Waals surface area (Å²) in [5.74, 6) is 0.216. The number of hydrogen-bond acceptors (Lipinski definition) is 4. The van der Waals surface area contributed by atoms with Crippen molar-refractivity contribution in [1.82, 2.24) is 19.9 Å². The molecule has 0 bridgehead atoms. The normalized spacial score (nSPS) is 12.1. The Morgan fingerprint density at radius 1 is 1.10 bits per heavy atom. The van der Waals surface area contributed by atoms with Crippen molar-refractivity contribution in [2.75, 3.05) is 0 Å². The van der Waals surface area contributed by atoms with Crippen molar-refractivity contribution in [3.05, 3.63) is 66.0 Å². The van der Waals surface area contributed by atoms with E-state index >= 15 is 0 Å². The van der Waals surface area contributed by atoms with Gasteiger partial charge in [0.1, 0.15) is 23.1 Å². The Balaban J connectivity index is 2.17. The number of imidazole rings is 1. The quantitative estimate of drug-likeness (QED) is 0.702. The van der Waals surface area contributed by atoms with Crippen molar-refractivity contribution in [3.63, 3.8) is 0 Å². The zero-order valence-electron chi connectivity index (χ0n) is 17.2. The number of aliphatic hydroxyl groups is 1. The molecule has 3 aromatic rings. The first-order valence-corrected chi connectivity index (χ1v) is 9.31. The van der Waals surface area contributed by atoms with Crippen LogP contribution in [0.2, 0.25) is 0 Å². The summed E-state index contributed by atoms with van der Waals surface area (Å²) in [5.41, 5.74) is -0.0334. The van der Waals surface area contributed by atoms with Crippen LogP contribution < -0.4 is 5.32 Å². The highest BCUT2D eigenvalue weighted by Crippen LogP contribution is 2.25. The van der Waals surface area contributed by atoms with Crippen LogP contribution in [0.15, 0.2) is 48.8 Å². The summed E-state index contributed by atoms with van der Waals surface area (Å²) in [6.07, 6.45) is 3.24. The molecule has 0 radical (unpaired) electrons. The molecule has 2 heterocycles. The zero-order chi connectivity index (χ0) is 21.4. The van der Waals surface area contributed by atoms with Crippen LogP contribution in [0, 0.1) is 5.82 Å².